The van der Waals surface area contributed by atoms with Gasteiger partial charge in [0, 0.05) is 12.0 Å². The van der Waals surface area contributed by atoms with Crippen LogP contribution in [0.2, 0.25) is 0 Å². The maximum absolute atomic E-state index is 12.9. The highest BCUT2D eigenvalue weighted by Gasteiger charge is 2.30. The first-order chi connectivity index (χ1) is 7.08. The number of ether oxygens (including phenoxy) is 1. The van der Waals surface area contributed by atoms with Gasteiger partial charge in [0.25, 0.3) is 5.91 Å². The molecule has 0 bridgehead atoms. The first kappa shape index (κ1) is 9.92. The van der Waals surface area contributed by atoms with Gasteiger partial charge >= 0.3 is 0 Å². The molecule has 2 rings (SSSR count). The molecule has 0 radical (unpaired) electrons. The number of nitrogens with two attached hydrogens (primary N) is 1. The number of amides is 1. The maximum atomic E-state index is 12.9. The van der Waals surface area contributed by atoms with Crippen LogP contribution in [-0.2, 0) is 4.79 Å². The summed E-state index contributed by atoms with van der Waals surface area (Å²) in [7, 11) is 0. The van der Waals surface area contributed by atoms with Crippen LogP contribution in [0, 0.1) is 5.82 Å². The zero-order valence-electron chi connectivity index (χ0n) is 7.81. The molecule has 1 aliphatic rings. The van der Waals surface area contributed by atoms with E-state index < -0.39 is 23.9 Å². The number of carbonyl (C=O) groups is 1. The lowest BCUT2D eigenvalue weighted by Crippen LogP contribution is -2.37. The van der Waals surface area contributed by atoms with E-state index >= 15 is 0 Å². The summed E-state index contributed by atoms with van der Waals surface area (Å²) >= 11 is 0. The first-order valence-electron chi connectivity index (χ1n) is 4.51. The van der Waals surface area contributed by atoms with Gasteiger partial charge in [-0.25, -0.2) is 4.39 Å². The lowest BCUT2D eigenvalue weighted by atomic mass is 9.99. The van der Waals surface area contributed by atoms with E-state index in [9.17, 15) is 14.3 Å². The molecule has 0 spiro atoms. The largest absolute Gasteiger partial charge is 0.480 e. The van der Waals surface area contributed by atoms with Crippen LogP contribution in [0.25, 0.3) is 0 Å². The van der Waals surface area contributed by atoms with Gasteiger partial charge in [0.1, 0.15) is 11.6 Å². The van der Waals surface area contributed by atoms with Gasteiger partial charge in [-0.15, -0.1) is 0 Å². The van der Waals surface area contributed by atoms with Crippen LogP contribution in [0.15, 0.2) is 18.2 Å². The molecule has 5 heteroatoms. The van der Waals surface area contributed by atoms with Gasteiger partial charge in [0.15, 0.2) is 6.10 Å². The molecule has 2 atom stereocenters. The highest BCUT2D eigenvalue weighted by atomic mass is 19.1. The zero-order chi connectivity index (χ0) is 11.0. The van der Waals surface area contributed by atoms with E-state index in [2.05, 4.69) is 0 Å². The first-order valence-corrected chi connectivity index (χ1v) is 4.51. The molecule has 0 fully saturated rings. The Morgan fingerprint density at radius 1 is 1.60 bits per heavy atom. The normalized spacial score (nSPS) is 24.1. The summed E-state index contributed by atoms with van der Waals surface area (Å²) in [6.45, 7) is 0. The topological polar surface area (TPSA) is 72.6 Å². The Labute approximate surface area is 85.5 Å². The Balaban J connectivity index is 2.36. The fourth-order valence-corrected chi connectivity index (χ4v) is 1.59. The second-order valence-electron chi connectivity index (χ2n) is 3.44. The van der Waals surface area contributed by atoms with Gasteiger partial charge < -0.3 is 15.6 Å². The maximum Gasteiger partial charge on any atom is 0.258 e. The summed E-state index contributed by atoms with van der Waals surface area (Å²) in [6.07, 6.45) is -1.70. The van der Waals surface area contributed by atoms with Gasteiger partial charge in [-0.2, -0.15) is 0 Å². The van der Waals surface area contributed by atoms with Gasteiger partial charge in [-0.1, -0.05) is 0 Å². The second-order valence-corrected chi connectivity index (χ2v) is 3.44. The van der Waals surface area contributed by atoms with Crippen molar-refractivity contribution in [1.29, 1.82) is 0 Å². The van der Waals surface area contributed by atoms with Crippen molar-refractivity contribution in [2.75, 3.05) is 0 Å². The Morgan fingerprint density at radius 3 is 3.00 bits per heavy atom. The molecule has 3 N–H and O–H groups in total. The van der Waals surface area contributed by atoms with Crippen molar-refractivity contribution >= 4 is 5.91 Å². The number of fused-ring (bicyclic) bond motifs is 1. The van der Waals surface area contributed by atoms with Crippen LogP contribution in [-0.4, -0.2) is 17.1 Å². The van der Waals surface area contributed by atoms with E-state index in [0.717, 1.165) is 0 Å². The Hall–Kier alpha value is -1.62. The van der Waals surface area contributed by atoms with Crippen LogP contribution >= 0.6 is 0 Å². The van der Waals surface area contributed by atoms with Gasteiger partial charge in [-0.05, 0) is 18.2 Å². The summed E-state index contributed by atoms with van der Waals surface area (Å²) in [5.41, 5.74) is 5.42. The number of aliphatic hydroxyl groups excluding tert-OH is 1. The molecule has 1 heterocycles. The monoisotopic (exact) mass is 211 g/mol. The molecule has 0 saturated heterocycles. The molecule has 1 aromatic carbocycles. The summed E-state index contributed by atoms with van der Waals surface area (Å²) < 4.78 is 18.1. The molecule has 80 valence electrons. The van der Waals surface area contributed by atoms with Crippen molar-refractivity contribution in [3.8, 4) is 5.75 Å². The third-order valence-electron chi connectivity index (χ3n) is 2.35. The van der Waals surface area contributed by atoms with E-state index in [1.165, 1.54) is 18.2 Å². The Kier molecular flexibility index (Phi) is 2.32. The van der Waals surface area contributed by atoms with Crippen molar-refractivity contribution in [2.45, 2.75) is 18.6 Å². The van der Waals surface area contributed by atoms with Gasteiger partial charge in [0.2, 0.25) is 0 Å². The van der Waals surface area contributed by atoms with Crippen molar-refractivity contribution in [3.63, 3.8) is 0 Å². The molecule has 0 aliphatic carbocycles. The summed E-state index contributed by atoms with van der Waals surface area (Å²) in [4.78, 5) is 10.9. The second kappa shape index (κ2) is 3.51. The number of halogens is 1. The predicted molar refractivity (Wildman–Crippen MR) is 49.6 cm³/mol. The average Bonchev–Trinajstić information content (AvgIpc) is 2.18. The van der Waals surface area contributed by atoms with E-state index in [1.54, 1.807) is 0 Å². The van der Waals surface area contributed by atoms with Crippen LogP contribution < -0.4 is 10.5 Å². The molecule has 4 nitrogen and oxygen atoms in total. The van der Waals surface area contributed by atoms with Crippen LogP contribution in [0.5, 0.6) is 5.75 Å². The average molecular weight is 211 g/mol. The molecule has 0 saturated carbocycles. The molecular weight excluding hydrogens is 201 g/mol. The number of aliphatic hydroxyl groups is 1. The molecule has 15 heavy (non-hydrogen) atoms. The highest BCUT2D eigenvalue weighted by molar-refractivity contribution is 5.79. The van der Waals surface area contributed by atoms with E-state index in [4.69, 9.17) is 10.5 Å². The number of primary amides is 1. The molecule has 1 aromatic rings. The molecule has 1 aliphatic heterocycles. The quantitative estimate of drug-likeness (QED) is 0.710. The minimum Gasteiger partial charge on any atom is -0.480 e. The zero-order valence-corrected chi connectivity index (χ0v) is 7.81. The lowest BCUT2D eigenvalue weighted by molar-refractivity contribution is -0.127. The van der Waals surface area contributed by atoms with E-state index in [-0.39, 0.29) is 6.42 Å². The minimum absolute atomic E-state index is 0.0613. The van der Waals surface area contributed by atoms with Crippen molar-refractivity contribution in [1.82, 2.24) is 0 Å². The standard InChI is InChI=1S/C10H10FNO3/c11-5-1-2-8-6(3-5)7(13)4-9(15-8)10(12)14/h1-3,7,9,13H,4H2,(H2,12,14)/t7-,9+/m0/s1. The Bertz CT molecular complexity index is 408. The van der Waals surface area contributed by atoms with Gasteiger partial charge in [-0.3, -0.25) is 4.79 Å². The van der Waals surface area contributed by atoms with Crippen LogP contribution in [0.3, 0.4) is 0 Å². The molecule has 0 aromatic heterocycles. The lowest BCUT2D eigenvalue weighted by Gasteiger charge is -2.27. The fraction of sp³-hybridized carbons (Fsp3) is 0.300. The third-order valence-corrected chi connectivity index (χ3v) is 2.35. The molecular formula is C10H10FNO3. The highest BCUT2D eigenvalue weighted by Crippen LogP contribution is 2.34. The fourth-order valence-electron chi connectivity index (χ4n) is 1.59. The summed E-state index contributed by atoms with van der Waals surface area (Å²) in [5, 5.41) is 9.65. The molecule has 1 amide bonds. The number of rotatable bonds is 1. The van der Waals surface area contributed by atoms with Gasteiger partial charge in [0.05, 0.1) is 6.10 Å². The van der Waals surface area contributed by atoms with Crippen LogP contribution in [0.1, 0.15) is 18.1 Å². The van der Waals surface area contributed by atoms with Crippen LogP contribution in [0.4, 0.5) is 4.39 Å². The van der Waals surface area contributed by atoms with E-state index in [1.807, 2.05) is 0 Å². The smallest absolute Gasteiger partial charge is 0.258 e. The Morgan fingerprint density at radius 2 is 2.33 bits per heavy atom. The SMILES string of the molecule is NC(=O)[C@H]1C[C@H](O)c2cc(F)ccc2O1. The number of hydrogen-bond acceptors (Lipinski definition) is 3. The summed E-state index contributed by atoms with van der Waals surface area (Å²) in [5.74, 6) is -0.781. The molecule has 0 unspecified atom stereocenters. The van der Waals surface area contributed by atoms with Crippen molar-refractivity contribution < 1.29 is 19.0 Å². The predicted octanol–water partition coefficient (Wildman–Crippen LogP) is 0.496. The number of benzene rings is 1. The van der Waals surface area contributed by atoms with E-state index in [0.29, 0.717) is 11.3 Å². The van der Waals surface area contributed by atoms with Crippen molar-refractivity contribution in [2.24, 2.45) is 5.73 Å². The van der Waals surface area contributed by atoms with Crippen molar-refractivity contribution in [3.05, 3.63) is 29.6 Å². The number of hydrogen-bond donors (Lipinski definition) is 2. The number of carbonyl (C=O) groups excluding carboxylic acids is 1. The minimum atomic E-state index is -0.915. The third kappa shape index (κ3) is 1.78. The summed E-state index contributed by atoms with van der Waals surface area (Å²) in [6, 6.07) is 3.77.